The van der Waals surface area contributed by atoms with Crippen molar-refractivity contribution in [2.45, 2.75) is 19.6 Å². The number of esters is 1. The average Bonchev–Trinajstić information content (AvgIpc) is 2.81. The molecular formula is C24H22F3N3O3. The molecule has 0 aliphatic heterocycles. The van der Waals surface area contributed by atoms with E-state index in [-0.39, 0.29) is 23.0 Å². The van der Waals surface area contributed by atoms with Gasteiger partial charge < -0.3 is 15.0 Å². The molecule has 172 valence electrons. The first-order chi connectivity index (χ1) is 15.8. The van der Waals surface area contributed by atoms with Crippen LogP contribution in [-0.2, 0) is 22.3 Å². The molecule has 9 heteroatoms. The van der Waals surface area contributed by atoms with Gasteiger partial charge >= 0.3 is 12.1 Å². The number of carbonyl (C=O) groups is 2. The summed E-state index contributed by atoms with van der Waals surface area (Å²) < 4.78 is 44.1. The summed E-state index contributed by atoms with van der Waals surface area (Å²) in [6, 6.07) is 16.8. The van der Waals surface area contributed by atoms with Crippen LogP contribution < -0.4 is 5.32 Å². The van der Waals surface area contributed by atoms with Crippen LogP contribution in [0.25, 0.3) is 0 Å². The van der Waals surface area contributed by atoms with Gasteiger partial charge in [-0.1, -0.05) is 36.4 Å². The van der Waals surface area contributed by atoms with E-state index in [2.05, 4.69) is 10.3 Å². The summed E-state index contributed by atoms with van der Waals surface area (Å²) in [5.41, 5.74) is 0.206. The molecule has 1 heterocycles. The summed E-state index contributed by atoms with van der Waals surface area (Å²) >= 11 is 0. The van der Waals surface area contributed by atoms with E-state index < -0.39 is 24.3 Å². The summed E-state index contributed by atoms with van der Waals surface area (Å²) in [5.74, 6) is -1.17. The number of likely N-dealkylation sites (N-methyl/N-ethyl adjacent to an activating group) is 1. The lowest BCUT2D eigenvalue weighted by molar-refractivity contribution is -0.137. The predicted octanol–water partition coefficient (Wildman–Crippen LogP) is 5.05. The van der Waals surface area contributed by atoms with Crippen LogP contribution in [0.4, 0.5) is 24.7 Å². The number of pyridine rings is 1. The van der Waals surface area contributed by atoms with Crippen molar-refractivity contribution < 1.29 is 27.5 Å². The highest BCUT2D eigenvalue weighted by Gasteiger charge is 2.30. The van der Waals surface area contributed by atoms with Crippen molar-refractivity contribution in [1.29, 1.82) is 0 Å². The predicted molar refractivity (Wildman–Crippen MR) is 117 cm³/mol. The van der Waals surface area contributed by atoms with Gasteiger partial charge in [0, 0.05) is 25.0 Å². The zero-order chi connectivity index (χ0) is 23.8. The Labute approximate surface area is 189 Å². The third kappa shape index (κ3) is 6.55. The van der Waals surface area contributed by atoms with Crippen LogP contribution in [0.3, 0.4) is 0 Å². The molecule has 0 unspecified atom stereocenters. The summed E-state index contributed by atoms with van der Waals surface area (Å²) in [7, 11) is 0. The number of alkyl halides is 3. The molecule has 0 bridgehead atoms. The Morgan fingerprint density at radius 2 is 1.79 bits per heavy atom. The monoisotopic (exact) mass is 457 g/mol. The van der Waals surface area contributed by atoms with Crippen LogP contribution >= 0.6 is 0 Å². The summed E-state index contributed by atoms with van der Waals surface area (Å²) in [6.45, 7) is 2.15. The molecule has 1 aromatic heterocycles. The number of nitrogens with one attached hydrogen (secondary N) is 1. The Kier molecular flexibility index (Phi) is 7.66. The van der Waals surface area contributed by atoms with E-state index in [4.69, 9.17) is 4.74 Å². The van der Waals surface area contributed by atoms with Crippen molar-refractivity contribution in [2.75, 3.05) is 18.5 Å². The standard InChI is InChI=1S/C24H22F3N3O3/c1-2-30(15-17-8-4-3-5-9-17)21(31)16-33-23(32)20-12-7-13-28-22(20)29-19-11-6-10-18(14-19)24(25,26)27/h3-14H,2,15-16H2,1H3,(H,28,29). The van der Waals surface area contributed by atoms with Crippen LogP contribution in [0.1, 0.15) is 28.4 Å². The second kappa shape index (κ2) is 10.6. The third-order valence-electron chi connectivity index (χ3n) is 4.76. The number of anilines is 2. The first-order valence-corrected chi connectivity index (χ1v) is 10.2. The largest absolute Gasteiger partial charge is 0.452 e. The summed E-state index contributed by atoms with van der Waals surface area (Å²) in [4.78, 5) is 30.7. The fraction of sp³-hybridized carbons (Fsp3) is 0.208. The van der Waals surface area contributed by atoms with Gasteiger partial charge in [0.25, 0.3) is 5.91 Å². The summed E-state index contributed by atoms with van der Waals surface area (Å²) in [5, 5.41) is 2.71. The number of hydrogen-bond donors (Lipinski definition) is 1. The SMILES string of the molecule is CCN(Cc1ccccc1)C(=O)COC(=O)c1cccnc1Nc1cccc(C(F)(F)F)c1. The Morgan fingerprint density at radius 3 is 2.48 bits per heavy atom. The third-order valence-corrected chi connectivity index (χ3v) is 4.76. The number of amides is 1. The number of halogens is 3. The molecule has 0 radical (unpaired) electrons. The van der Waals surface area contributed by atoms with Crippen LogP contribution in [0.2, 0.25) is 0 Å². The van der Waals surface area contributed by atoms with E-state index in [1.165, 1.54) is 30.5 Å². The number of ether oxygens (including phenoxy) is 1. The number of nitrogens with zero attached hydrogens (tertiary/aromatic N) is 2. The van der Waals surface area contributed by atoms with Crippen molar-refractivity contribution in [3.63, 3.8) is 0 Å². The molecule has 1 amide bonds. The Hall–Kier alpha value is -3.88. The fourth-order valence-corrected chi connectivity index (χ4v) is 3.06. The van der Waals surface area contributed by atoms with Crippen LogP contribution in [0.15, 0.2) is 72.9 Å². The highest BCUT2D eigenvalue weighted by Crippen LogP contribution is 2.31. The second-order valence-electron chi connectivity index (χ2n) is 7.07. The number of carbonyl (C=O) groups excluding carboxylic acids is 2. The number of aromatic nitrogens is 1. The van der Waals surface area contributed by atoms with Gasteiger partial charge in [-0.05, 0) is 42.8 Å². The van der Waals surface area contributed by atoms with Gasteiger partial charge in [-0.2, -0.15) is 13.2 Å². The number of rotatable bonds is 8. The molecule has 0 aliphatic carbocycles. The molecule has 6 nitrogen and oxygen atoms in total. The molecule has 0 spiro atoms. The van der Waals surface area contributed by atoms with Crippen molar-refractivity contribution in [1.82, 2.24) is 9.88 Å². The maximum absolute atomic E-state index is 13.0. The maximum Gasteiger partial charge on any atom is 0.416 e. The minimum atomic E-state index is -4.51. The molecule has 2 aromatic carbocycles. The first-order valence-electron chi connectivity index (χ1n) is 10.2. The normalized spacial score (nSPS) is 11.0. The highest BCUT2D eigenvalue weighted by molar-refractivity contribution is 5.96. The number of hydrogen-bond acceptors (Lipinski definition) is 5. The molecule has 0 saturated heterocycles. The van der Waals surface area contributed by atoms with Crippen molar-refractivity contribution in [3.8, 4) is 0 Å². The lowest BCUT2D eigenvalue weighted by Crippen LogP contribution is -2.34. The molecule has 1 N–H and O–H groups in total. The Morgan fingerprint density at radius 1 is 1.03 bits per heavy atom. The van der Waals surface area contributed by atoms with Gasteiger partial charge in [0.1, 0.15) is 11.4 Å². The smallest absolute Gasteiger partial charge is 0.416 e. The zero-order valence-corrected chi connectivity index (χ0v) is 17.8. The average molecular weight is 457 g/mol. The highest BCUT2D eigenvalue weighted by atomic mass is 19.4. The van der Waals surface area contributed by atoms with Gasteiger partial charge in [0.2, 0.25) is 0 Å². The zero-order valence-electron chi connectivity index (χ0n) is 17.8. The van der Waals surface area contributed by atoms with E-state index >= 15 is 0 Å². The lowest BCUT2D eigenvalue weighted by Gasteiger charge is -2.21. The quantitative estimate of drug-likeness (QED) is 0.480. The van der Waals surface area contributed by atoms with Gasteiger partial charge in [0.15, 0.2) is 6.61 Å². The minimum Gasteiger partial charge on any atom is -0.452 e. The van der Waals surface area contributed by atoms with Gasteiger partial charge in [-0.25, -0.2) is 9.78 Å². The van der Waals surface area contributed by atoms with Gasteiger partial charge in [0.05, 0.1) is 5.56 Å². The Balaban J connectivity index is 1.67. The van der Waals surface area contributed by atoms with E-state index in [0.717, 1.165) is 17.7 Å². The van der Waals surface area contributed by atoms with E-state index in [9.17, 15) is 22.8 Å². The van der Waals surface area contributed by atoms with Crippen molar-refractivity contribution >= 4 is 23.4 Å². The van der Waals surface area contributed by atoms with Crippen molar-refractivity contribution in [3.05, 3.63) is 89.6 Å². The fourth-order valence-electron chi connectivity index (χ4n) is 3.06. The van der Waals surface area contributed by atoms with Gasteiger partial charge in [-0.15, -0.1) is 0 Å². The van der Waals surface area contributed by atoms with E-state index in [1.807, 2.05) is 37.3 Å². The lowest BCUT2D eigenvalue weighted by atomic mass is 10.2. The van der Waals surface area contributed by atoms with Crippen LogP contribution in [0.5, 0.6) is 0 Å². The van der Waals surface area contributed by atoms with Crippen LogP contribution in [0, 0.1) is 0 Å². The van der Waals surface area contributed by atoms with E-state index in [1.54, 1.807) is 4.90 Å². The Bertz CT molecular complexity index is 1100. The molecule has 0 atom stereocenters. The van der Waals surface area contributed by atoms with E-state index in [0.29, 0.717) is 13.1 Å². The number of benzene rings is 2. The molecule has 0 aliphatic rings. The molecule has 0 saturated carbocycles. The molecule has 0 fully saturated rings. The first kappa shape index (κ1) is 23.8. The molecular weight excluding hydrogens is 435 g/mol. The maximum atomic E-state index is 13.0. The van der Waals surface area contributed by atoms with Gasteiger partial charge in [-0.3, -0.25) is 4.79 Å². The van der Waals surface area contributed by atoms with Crippen LogP contribution in [-0.4, -0.2) is 34.9 Å². The topological polar surface area (TPSA) is 71.5 Å². The molecule has 33 heavy (non-hydrogen) atoms. The molecule has 3 aromatic rings. The summed E-state index contributed by atoms with van der Waals surface area (Å²) in [6.07, 6.45) is -3.12. The second-order valence-corrected chi connectivity index (χ2v) is 7.07. The minimum absolute atomic E-state index is 0.00572. The van der Waals surface area contributed by atoms with Crippen molar-refractivity contribution in [2.24, 2.45) is 0 Å². The molecule has 3 rings (SSSR count).